The maximum atomic E-state index is 3.45. The Hall–Kier alpha value is -0.0400. The van der Waals surface area contributed by atoms with Gasteiger partial charge < -0.3 is 5.32 Å². The summed E-state index contributed by atoms with van der Waals surface area (Å²) in [6.07, 6.45) is 9.84. The van der Waals surface area contributed by atoms with Crippen molar-refractivity contribution in [3.05, 3.63) is 0 Å². The molecule has 0 spiro atoms. The minimum Gasteiger partial charge on any atom is -0.316 e. The van der Waals surface area contributed by atoms with Gasteiger partial charge in [-0.3, -0.25) is 0 Å². The summed E-state index contributed by atoms with van der Waals surface area (Å²) in [5, 5.41) is 3.45. The zero-order valence-corrected chi connectivity index (χ0v) is 11.4. The SMILES string of the molecule is CCCCCCCCC(C)(C)CNCC. The van der Waals surface area contributed by atoms with Gasteiger partial charge in [0.25, 0.3) is 0 Å². The monoisotopic (exact) mass is 213 g/mol. The first-order valence-electron chi connectivity index (χ1n) is 6.83. The molecule has 0 heterocycles. The van der Waals surface area contributed by atoms with Gasteiger partial charge in [-0.25, -0.2) is 0 Å². The predicted octanol–water partition coefficient (Wildman–Crippen LogP) is 4.37. The quantitative estimate of drug-likeness (QED) is 0.531. The van der Waals surface area contributed by atoms with Crippen LogP contribution in [0.15, 0.2) is 0 Å². The van der Waals surface area contributed by atoms with Crippen LogP contribution in [-0.4, -0.2) is 13.1 Å². The van der Waals surface area contributed by atoms with Crippen molar-refractivity contribution in [3.8, 4) is 0 Å². The van der Waals surface area contributed by atoms with Gasteiger partial charge in [-0.1, -0.05) is 66.2 Å². The lowest BCUT2D eigenvalue weighted by Gasteiger charge is -2.24. The van der Waals surface area contributed by atoms with Crippen LogP contribution in [0.25, 0.3) is 0 Å². The fourth-order valence-electron chi connectivity index (χ4n) is 1.94. The Labute approximate surface area is 97.0 Å². The Bertz CT molecular complexity index is 129. The molecule has 0 aliphatic rings. The van der Waals surface area contributed by atoms with E-state index in [1.165, 1.54) is 51.5 Å². The first kappa shape index (κ1) is 15.0. The summed E-state index contributed by atoms with van der Waals surface area (Å²) in [4.78, 5) is 0. The molecule has 1 nitrogen and oxygen atoms in total. The average molecular weight is 213 g/mol. The Morgan fingerprint density at radius 3 is 2.07 bits per heavy atom. The fourth-order valence-corrected chi connectivity index (χ4v) is 1.94. The van der Waals surface area contributed by atoms with Crippen LogP contribution < -0.4 is 5.32 Å². The van der Waals surface area contributed by atoms with E-state index in [1.54, 1.807) is 0 Å². The summed E-state index contributed by atoms with van der Waals surface area (Å²) in [6.45, 7) is 11.5. The molecule has 0 aliphatic carbocycles. The second-order valence-corrected chi connectivity index (χ2v) is 5.46. The minimum atomic E-state index is 0.487. The van der Waals surface area contributed by atoms with Gasteiger partial charge in [-0.2, -0.15) is 0 Å². The molecule has 0 amide bonds. The van der Waals surface area contributed by atoms with E-state index in [4.69, 9.17) is 0 Å². The van der Waals surface area contributed by atoms with Crippen LogP contribution >= 0.6 is 0 Å². The molecule has 0 fully saturated rings. The van der Waals surface area contributed by atoms with E-state index in [0.717, 1.165) is 6.54 Å². The number of unbranched alkanes of at least 4 members (excludes halogenated alkanes) is 5. The molecule has 0 aliphatic heterocycles. The number of hydrogen-bond donors (Lipinski definition) is 1. The van der Waals surface area contributed by atoms with Crippen molar-refractivity contribution in [2.45, 2.75) is 72.6 Å². The summed E-state index contributed by atoms with van der Waals surface area (Å²) in [5.41, 5.74) is 0.487. The Morgan fingerprint density at radius 1 is 0.867 bits per heavy atom. The van der Waals surface area contributed by atoms with Crippen molar-refractivity contribution in [3.63, 3.8) is 0 Å². The van der Waals surface area contributed by atoms with Gasteiger partial charge in [0.05, 0.1) is 0 Å². The summed E-state index contributed by atoms with van der Waals surface area (Å²) in [5.74, 6) is 0. The molecule has 0 unspecified atom stereocenters. The Morgan fingerprint density at radius 2 is 1.47 bits per heavy atom. The highest BCUT2D eigenvalue weighted by Gasteiger charge is 2.15. The highest BCUT2D eigenvalue weighted by atomic mass is 14.9. The molecule has 0 saturated heterocycles. The van der Waals surface area contributed by atoms with E-state index in [1.807, 2.05) is 0 Å². The van der Waals surface area contributed by atoms with Crippen LogP contribution in [0, 0.1) is 5.41 Å². The second kappa shape index (κ2) is 9.21. The number of hydrogen-bond acceptors (Lipinski definition) is 1. The standard InChI is InChI=1S/C14H31N/c1-5-7-8-9-10-11-12-14(3,4)13-15-6-2/h15H,5-13H2,1-4H3. The van der Waals surface area contributed by atoms with E-state index in [2.05, 4.69) is 33.0 Å². The van der Waals surface area contributed by atoms with Gasteiger partial charge in [-0.15, -0.1) is 0 Å². The van der Waals surface area contributed by atoms with Gasteiger partial charge in [0.2, 0.25) is 0 Å². The van der Waals surface area contributed by atoms with Gasteiger partial charge in [0.1, 0.15) is 0 Å². The van der Waals surface area contributed by atoms with E-state index >= 15 is 0 Å². The number of rotatable bonds is 10. The van der Waals surface area contributed by atoms with Gasteiger partial charge in [-0.05, 0) is 18.4 Å². The first-order chi connectivity index (χ1) is 7.12. The fraction of sp³-hybridized carbons (Fsp3) is 1.00. The van der Waals surface area contributed by atoms with Gasteiger partial charge >= 0.3 is 0 Å². The predicted molar refractivity (Wildman–Crippen MR) is 70.3 cm³/mol. The molecule has 0 aromatic carbocycles. The van der Waals surface area contributed by atoms with Crippen molar-refractivity contribution in [1.82, 2.24) is 5.32 Å². The maximum absolute atomic E-state index is 3.45. The molecule has 1 N–H and O–H groups in total. The van der Waals surface area contributed by atoms with E-state index in [0.29, 0.717) is 5.41 Å². The molecule has 0 aromatic heterocycles. The van der Waals surface area contributed by atoms with Crippen molar-refractivity contribution in [1.29, 1.82) is 0 Å². The third-order valence-electron chi connectivity index (χ3n) is 3.06. The van der Waals surface area contributed by atoms with Crippen LogP contribution in [0.3, 0.4) is 0 Å². The summed E-state index contributed by atoms with van der Waals surface area (Å²) in [6, 6.07) is 0. The van der Waals surface area contributed by atoms with Crippen molar-refractivity contribution in [2.24, 2.45) is 5.41 Å². The van der Waals surface area contributed by atoms with Crippen molar-refractivity contribution < 1.29 is 0 Å². The highest BCUT2D eigenvalue weighted by molar-refractivity contribution is 4.70. The van der Waals surface area contributed by atoms with E-state index in [9.17, 15) is 0 Å². The molecule has 0 atom stereocenters. The average Bonchev–Trinajstić information content (AvgIpc) is 2.20. The largest absolute Gasteiger partial charge is 0.316 e. The van der Waals surface area contributed by atoms with E-state index < -0.39 is 0 Å². The molecule has 0 saturated carbocycles. The number of nitrogens with one attached hydrogen (secondary N) is 1. The smallest absolute Gasteiger partial charge is 0.000240 e. The summed E-state index contributed by atoms with van der Waals surface area (Å²) < 4.78 is 0. The Balaban J connectivity index is 3.32. The second-order valence-electron chi connectivity index (χ2n) is 5.46. The normalized spacial score (nSPS) is 12.0. The minimum absolute atomic E-state index is 0.487. The van der Waals surface area contributed by atoms with Gasteiger partial charge in [0.15, 0.2) is 0 Å². The van der Waals surface area contributed by atoms with Crippen LogP contribution in [0.1, 0.15) is 72.6 Å². The molecular formula is C14H31N. The molecule has 92 valence electrons. The van der Waals surface area contributed by atoms with Crippen LogP contribution in [0.5, 0.6) is 0 Å². The molecule has 0 radical (unpaired) electrons. The lowest BCUT2D eigenvalue weighted by atomic mass is 9.86. The lowest BCUT2D eigenvalue weighted by molar-refractivity contribution is 0.304. The van der Waals surface area contributed by atoms with Gasteiger partial charge in [0, 0.05) is 6.54 Å². The molecule has 0 rings (SSSR count). The van der Waals surface area contributed by atoms with Crippen LogP contribution in [0.2, 0.25) is 0 Å². The molecular weight excluding hydrogens is 182 g/mol. The maximum Gasteiger partial charge on any atom is 0.000240 e. The van der Waals surface area contributed by atoms with Crippen LogP contribution in [0.4, 0.5) is 0 Å². The molecule has 0 bridgehead atoms. The zero-order chi connectivity index (χ0) is 11.6. The highest BCUT2D eigenvalue weighted by Crippen LogP contribution is 2.23. The third-order valence-corrected chi connectivity index (χ3v) is 3.06. The lowest BCUT2D eigenvalue weighted by Crippen LogP contribution is -2.29. The topological polar surface area (TPSA) is 12.0 Å². The van der Waals surface area contributed by atoms with Crippen molar-refractivity contribution >= 4 is 0 Å². The zero-order valence-electron chi connectivity index (χ0n) is 11.4. The van der Waals surface area contributed by atoms with Crippen molar-refractivity contribution in [2.75, 3.05) is 13.1 Å². The summed E-state index contributed by atoms with van der Waals surface area (Å²) >= 11 is 0. The Kier molecular flexibility index (Phi) is 9.18. The molecule has 0 aromatic rings. The third kappa shape index (κ3) is 10.2. The first-order valence-corrected chi connectivity index (χ1v) is 6.83. The molecule has 1 heteroatoms. The summed E-state index contributed by atoms with van der Waals surface area (Å²) in [7, 11) is 0. The molecule has 15 heavy (non-hydrogen) atoms. The van der Waals surface area contributed by atoms with Crippen LogP contribution in [-0.2, 0) is 0 Å². The van der Waals surface area contributed by atoms with E-state index in [-0.39, 0.29) is 0 Å².